The molecular weight excluding hydrogens is 230 g/mol. The lowest BCUT2D eigenvalue weighted by Crippen LogP contribution is -2.40. The summed E-state index contributed by atoms with van der Waals surface area (Å²) >= 11 is 1.79. The SMILES string of the molecule is Cc1cnc(CNC(C)C2CCN(C)CC2)s1. The van der Waals surface area contributed by atoms with Crippen LogP contribution in [0, 0.1) is 12.8 Å². The molecular formula is C13H23N3S. The molecule has 1 saturated heterocycles. The van der Waals surface area contributed by atoms with E-state index in [-0.39, 0.29) is 0 Å². The number of piperidine rings is 1. The monoisotopic (exact) mass is 253 g/mol. The minimum absolute atomic E-state index is 0.605. The van der Waals surface area contributed by atoms with E-state index in [1.807, 2.05) is 6.20 Å². The minimum atomic E-state index is 0.605. The number of likely N-dealkylation sites (tertiary alicyclic amines) is 1. The molecule has 0 aliphatic carbocycles. The Bertz CT molecular complexity index is 342. The van der Waals surface area contributed by atoms with Gasteiger partial charge in [0.1, 0.15) is 5.01 Å². The van der Waals surface area contributed by atoms with E-state index in [0.29, 0.717) is 6.04 Å². The predicted molar refractivity (Wildman–Crippen MR) is 73.4 cm³/mol. The topological polar surface area (TPSA) is 28.2 Å². The van der Waals surface area contributed by atoms with Crippen molar-refractivity contribution in [2.24, 2.45) is 5.92 Å². The smallest absolute Gasteiger partial charge is 0.107 e. The van der Waals surface area contributed by atoms with Gasteiger partial charge in [-0.3, -0.25) is 0 Å². The maximum absolute atomic E-state index is 4.39. The molecule has 2 rings (SSSR count). The van der Waals surface area contributed by atoms with Crippen molar-refractivity contribution in [1.82, 2.24) is 15.2 Å². The Hall–Kier alpha value is -0.450. The highest BCUT2D eigenvalue weighted by atomic mass is 32.1. The number of nitrogens with one attached hydrogen (secondary N) is 1. The summed E-state index contributed by atoms with van der Waals surface area (Å²) in [6, 6.07) is 0.605. The van der Waals surface area contributed by atoms with Crippen LogP contribution in [0.1, 0.15) is 29.7 Å². The molecule has 0 bridgehead atoms. The van der Waals surface area contributed by atoms with Crippen LogP contribution in [0.3, 0.4) is 0 Å². The van der Waals surface area contributed by atoms with Crippen LogP contribution in [-0.4, -0.2) is 36.1 Å². The molecule has 1 atom stereocenters. The zero-order valence-electron chi connectivity index (χ0n) is 11.1. The third-order valence-corrected chi connectivity index (χ3v) is 4.63. The Balaban J connectivity index is 1.75. The van der Waals surface area contributed by atoms with Crippen LogP contribution in [0.15, 0.2) is 6.20 Å². The molecule has 1 aliphatic heterocycles. The third-order valence-electron chi connectivity index (χ3n) is 3.71. The molecule has 4 heteroatoms. The van der Waals surface area contributed by atoms with E-state index in [4.69, 9.17) is 0 Å². The number of aryl methyl sites for hydroxylation is 1. The molecule has 3 nitrogen and oxygen atoms in total. The van der Waals surface area contributed by atoms with Crippen molar-refractivity contribution in [1.29, 1.82) is 0 Å². The van der Waals surface area contributed by atoms with Crippen molar-refractivity contribution < 1.29 is 0 Å². The molecule has 96 valence electrons. The van der Waals surface area contributed by atoms with Gasteiger partial charge in [-0.25, -0.2) is 4.98 Å². The molecule has 1 aliphatic rings. The van der Waals surface area contributed by atoms with E-state index in [0.717, 1.165) is 12.5 Å². The lowest BCUT2D eigenvalue weighted by atomic mass is 9.90. The highest BCUT2D eigenvalue weighted by molar-refractivity contribution is 7.11. The highest BCUT2D eigenvalue weighted by Gasteiger charge is 2.21. The average Bonchev–Trinajstić information content (AvgIpc) is 2.73. The fraction of sp³-hybridized carbons (Fsp3) is 0.769. The summed E-state index contributed by atoms with van der Waals surface area (Å²) in [5.41, 5.74) is 0. The lowest BCUT2D eigenvalue weighted by Gasteiger charge is -2.33. The van der Waals surface area contributed by atoms with Crippen molar-refractivity contribution in [3.8, 4) is 0 Å². The number of hydrogen-bond donors (Lipinski definition) is 1. The molecule has 0 spiro atoms. The van der Waals surface area contributed by atoms with E-state index < -0.39 is 0 Å². The second kappa shape index (κ2) is 5.94. The van der Waals surface area contributed by atoms with Crippen LogP contribution >= 0.6 is 11.3 Å². The molecule has 1 unspecified atom stereocenters. The fourth-order valence-corrected chi connectivity index (χ4v) is 3.16. The summed E-state index contributed by atoms with van der Waals surface area (Å²) in [5.74, 6) is 0.826. The summed E-state index contributed by atoms with van der Waals surface area (Å²) in [6.07, 6.45) is 4.60. The summed E-state index contributed by atoms with van der Waals surface area (Å²) < 4.78 is 0. The molecule has 2 heterocycles. The van der Waals surface area contributed by atoms with E-state index in [1.54, 1.807) is 11.3 Å². The lowest BCUT2D eigenvalue weighted by molar-refractivity contribution is 0.189. The van der Waals surface area contributed by atoms with Crippen molar-refractivity contribution >= 4 is 11.3 Å². The zero-order chi connectivity index (χ0) is 12.3. The quantitative estimate of drug-likeness (QED) is 0.892. The molecule has 1 aromatic heterocycles. The second-order valence-electron chi connectivity index (χ2n) is 5.17. The summed E-state index contributed by atoms with van der Waals surface area (Å²) in [4.78, 5) is 8.12. The van der Waals surface area contributed by atoms with Crippen LogP contribution in [0.25, 0.3) is 0 Å². The van der Waals surface area contributed by atoms with Gasteiger partial charge in [0.25, 0.3) is 0 Å². The largest absolute Gasteiger partial charge is 0.308 e. The summed E-state index contributed by atoms with van der Waals surface area (Å²) in [6.45, 7) is 7.84. The molecule has 1 fully saturated rings. The first-order valence-corrected chi connectivity index (χ1v) is 7.30. The fourth-order valence-electron chi connectivity index (χ4n) is 2.43. The molecule has 1 aromatic rings. The first kappa shape index (κ1) is 13.0. The Morgan fingerprint density at radius 1 is 1.53 bits per heavy atom. The number of aromatic nitrogens is 1. The Kier molecular flexibility index (Phi) is 4.54. The summed E-state index contributed by atoms with van der Waals surface area (Å²) in [5, 5.41) is 4.84. The minimum Gasteiger partial charge on any atom is -0.308 e. The first-order valence-electron chi connectivity index (χ1n) is 6.48. The van der Waals surface area contributed by atoms with Gasteiger partial charge in [-0.2, -0.15) is 0 Å². The number of nitrogens with zero attached hydrogens (tertiary/aromatic N) is 2. The Morgan fingerprint density at radius 2 is 2.24 bits per heavy atom. The van der Waals surface area contributed by atoms with Crippen LogP contribution in [0.4, 0.5) is 0 Å². The van der Waals surface area contributed by atoms with Gasteiger partial charge in [-0.05, 0) is 52.7 Å². The molecule has 0 aromatic carbocycles. The Labute approximate surface area is 108 Å². The van der Waals surface area contributed by atoms with Gasteiger partial charge in [0.15, 0.2) is 0 Å². The van der Waals surface area contributed by atoms with Gasteiger partial charge in [0, 0.05) is 23.7 Å². The molecule has 0 radical (unpaired) electrons. The maximum Gasteiger partial charge on any atom is 0.107 e. The second-order valence-corrected chi connectivity index (χ2v) is 6.49. The van der Waals surface area contributed by atoms with E-state index in [1.165, 1.54) is 35.8 Å². The average molecular weight is 253 g/mol. The third kappa shape index (κ3) is 3.76. The van der Waals surface area contributed by atoms with E-state index in [9.17, 15) is 0 Å². The van der Waals surface area contributed by atoms with Crippen molar-refractivity contribution in [3.63, 3.8) is 0 Å². The molecule has 17 heavy (non-hydrogen) atoms. The molecule has 0 saturated carbocycles. The van der Waals surface area contributed by atoms with Crippen LogP contribution in [0.5, 0.6) is 0 Å². The van der Waals surface area contributed by atoms with E-state index >= 15 is 0 Å². The van der Waals surface area contributed by atoms with Crippen LogP contribution in [0.2, 0.25) is 0 Å². The van der Waals surface area contributed by atoms with Gasteiger partial charge >= 0.3 is 0 Å². The van der Waals surface area contributed by atoms with Gasteiger partial charge in [0.05, 0.1) is 0 Å². The van der Waals surface area contributed by atoms with Crippen LogP contribution in [-0.2, 0) is 6.54 Å². The van der Waals surface area contributed by atoms with Crippen molar-refractivity contribution in [2.45, 2.75) is 39.3 Å². The van der Waals surface area contributed by atoms with Gasteiger partial charge in [0.2, 0.25) is 0 Å². The normalized spacial score (nSPS) is 20.6. The standard InChI is InChI=1S/C13H23N3S/c1-10-8-15-13(17-10)9-14-11(2)12-4-6-16(3)7-5-12/h8,11-12,14H,4-7,9H2,1-3H3. The molecule has 0 amide bonds. The molecule has 1 N–H and O–H groups in total. The number of hydrogen-bond acceptors (Lipinski definition) is 4. The van der Waals surface area contributed by atoms with Crippen molar-refractivity contribution in [2.75, 3.05) is 20.1 Å². The Morgan fingerprint density at radius 3 is 2.82 bits per heavy atom. The first-order chi connectivity index (χ1) is 8.15. The maximum atomic E-state index is 4.39. The summed E-state index contributed by atoms with van der Waals surface area (Å²) in [7, 11) is 2.21. The van der Waals surface area contributed by atoms with E-state index in [2.05, 4.69) is 36.1 Å². The number of rotatable bonds is 4. The van der Waals surface area contributed by atoms with Gasteiger partial charge in [-0.1, -0.05) is 0 Å². The van der Waals surface area contributed by atoms with Crippen molar-refractivity contribution in [3.05, 3.63) is 16.1 Å². The predicted octanol–water partition coefficient (Wildman–Crippen LogP) is 2.27. The number of thiazole rings is 1. The zero-order valence-corrected chi connectivity index (χ0v) is 11.9. The van der Waals surface area contributed by atoms with Gasteiger partial charge < -0.3 is 10.2 Å². The highest BCUT2D eigenvalue weighted by Crippen LogP contribution is 2.20. The van der Waals surface area contributed by atoms with Gasteiger partial charge in [-0.15, -0.1) is 11.3 Å². The van der Waals surface area contributed by atoms with Crippen LogP contribution < -0.4 is 5.32 Å².